The van der Waals surface area contributed by atoms with E-state index in [1.54, 1.807) is 23.7 Å². The first kappa shape index (κ1) is 12.4. The Hall–Kier alpha value is -1.61. The number of hydrogen-bond acceptors (Lipinski definition) is 4. The van der Waals surface area contributed by atoms with E-state index < -0.39 is 5.97 Å². The minimum absolute atomic E-state index is 0.0369. The number of carboxylic acid groups (broad SMARTS) is 1. The predicted octanol–water partition coefficient (Wildman–Crippen LogP) is 3.49. The van der Waals surface area contributed by atoms with E-state index in [9.17, 15) is 9.90 Å². The van der Waals surface area contributed by atoms with Crippen LogP contribution in [0.1, 0.15) is 10.5 Å². The molecule has 0 aliphatic heterocycles. The number of ether oxygens (including phenoxy) is 1. The number of benzene rings is 1. The topological polar surface area (TPSA) is 63.8 Å². The highest BCUT2D eigenvalue weighted by molar-refractivity contribution is 14.1. The van der Waals surface area contributed by atoms with Crippen molar-refractivity contribution >= 4 is 44.9 Å². The molecule has 3 aromatic rings. The van der Waals surface area contributed by atoms with Gasteiger partial charge in [-0.1, -0.05) is 0 Å². The Kier molecular flexibility index (Phi) is 3.15. The van der Waals surface area contributed by atoms with Gasteiger partial charge in [0.1, 0.15) is 5.75 Å². The van der Waals surface area contributed by atoms with Gasteiger partial charge in [0.05, 0.1) is 0 Å². The molecule has 0 atom stereocenters. The summed E-state index contributed by atoms with van der Waals surface area (Å²) < 4.78 is 8.15. The van der Waals surface area contributed by atoms with Gasteiger partial charge in [0.15, 0.2) is 10.7 Å². The fraction of sp³-hybridized carbons (Fsp3) is 0. The number of carboxylic acids is 1. The molecular weight excluding hydrogens is 379 g/mol. The fourth-order valence-corrected chi connectivity index (χ4v) is 2.71. The van der Waals surface area contributed by atoms with Crippen molar-refractivity contribution in [3.8, 4) is 11.6 Å². The van der Waals surface area contributed by atoms with Crippen LogP contribution in [-0.2, 0) is 0 Å². The number of thiazole rings is 1. The summed E-state index contributed by atoms with van der Waals surface area (Å²) in [7, 11) is 0. The Labute approximate surface area is 125 Å². The molecule has 96 valence electrons. The molecule has 0 bridgehead atoms. The monoisotopic (exact) mass is 386 g/mol. The molecule has 5 nitrogen and oxygen atoms in total. The maximum Gasteiger partial charge on any atom is 0.358 e. The summed E-state index contributed by atoms with van der Waals surface area (Å²) in [4.78, 5) is 16.1. The second kappa shape index (κ2) is 4.82. The Morgan fingerprint density at radius 2 is 2.11 bits per heavy atom. The normalized spacial score (nSPS) is 10.8. The van der Waals surface area contributed by atoms with Crippen LogP contribution in [0.25, 0.3) is 4.96 Å². The minimum atomic E-state index is -1.06. The molecule has 1 aromatic carbocycles. The molecule has 1 N–H and O–H groups in total. The van der Waals surface area contributed by atoms with E-state index in [0.29, 0.717) is 10.7 Å². The largest absolute Gasteiger partial charge is 0.476 e. The van der Waals surface area contributed by atoms with Crippen molar-refractivity contribution in [3.63, 3.8) is 0 Å². The third-order valence-corrected chi connectivity index (χ3v) is 3.94. The first-order valence-electron chi connectivity index (χ1n) is 5.27. The lowest BCUT2D eigenvalue weighted by Gasteiger charge is -2.03. The molecule has 0 fully saturated rings. The van der Waals surface area contributed by atoms with Crippen LogP contribution in [0.15, 0.2) is 35.8 Å². The highest BCUT2D eigenvalue weighted by atomic mass is 127. The van der Waals surface area contributed by atoms with Gasteiger partial charge in [-0.05, 0) is 46.9 Å². The van der Waals surface area contributed by atoms with Crippen molar-refractivity contribution in [1.82, 2.24) is 9.38 Å². The van der Waals surface area contributed by atoms with Gasteiger partial charge in [-0.15, -0.1) is 11.3 Å². The summed E-state index contributed by atoms with van der Waals surface area (Å²) in [6.45, 7) is 0. The zero-order chi connectivity index (χ0) is 13.4. The highest BCUT2D eigenvalue weighted by Crippen LogP contribution is 2.28. The maximum absolute atomic E-state index is 11.3. The van der Waals surface area contributed by atoms with E-state index in [1.807, 2.05) is 12.1 Å². The number of aromatic nitrogens is 2. The van der Waals surface area contributed by atoms with Crippen LogP contribution in [-0.4, -0.2) is 20.5 Å². The number of fused-ring (bicyclic) bond motifs is 1. The number of hydrogen-bond donors (Lipinski definition) is 1. The number of rotatable bonds is 3. The fourth-order valence-electron chi connectivity index (χ4n) is 1.65. The quantitative estimate of drug-likeness (QED) is 0.700. The maximum atomic E-state index is 11.3. The van der Waals surface area contributed by atoms with Crippen molar-refractivity contribution in [1.29, 1.82) is 0 Å². The molecule has 0 aliphatic rings. The van der Waals surface area contributed by atoms with Crippen molar-refractivity contribution in [2.24, 2.45) is 0 Å². The van der Waals surface area contributed by atoms with E-state index >= 15 is 0 Å². The molecule has 0 aliphatic carbocycles. The summed E-state index contributed by atoms with van der Waals surface area (Å²) in [5.74, 6) is -0.388. The summed E-state index contributed by atoms with van der Waals surface area (Å²) in [5.41, 5.74) is 0.0369. The summed E-state index contributed by atoms with van der Waals surface area (Å²) >= 11 is 3.55. The van der Waals surface area contributed by atoms with Crippen LogP contribution in [0.5, 0.6) is 11.6 Å². The number of imidazole rings is 1. The molecule has 3 rings (SSSR count). The van der Waals surface area contributed by atoms with Crippen LogP contribution in [0.3, 0.4) is 0 Å². The second-order valence-corrected chi connectivity index (χ2v) is 5.80. The Balaban J connectivity index is 2.04. The van der Waals surface area contributed by atoms with Crippen LogP contribution in [0.4, 0.5) is 0 Å². The molecule has 0 saturated carbocycles. The first-order valence-corrected chi connectivity index (χ1v) is 7.23. The molecule has 0 spiro atoms. The van der Waals surface area contributed by atoms with E-state index in [2.05, 4.69) is 27.6 Å². The number of halogens is 1. The number of carbonyl (C=O) groups is 1. The third kappa shape index (κ3) is 2.30. The van der Waals surface area contributed by atoms with Crippen LogP contribution >= 0.6 is 33.9 Å². The van der Waals surface area contributed by atoms with Gasteiger partial charge in [0.25, 0.3) is 5.88 Å². The Morgan fingerprint density at radius 3 is 2.79 bits per heavy atom. The minimum Gasteiger partial charge on any atom is -0.476 e. The standard InChI is InChI=1S/C12H7IN2O3S/c13-7-1-3-8(4-2-7)18-10-9(11(16)17)15-5-6-19-12(15)14-10/h1-6H,(H,16,17). The average Bonchev–Trinajstić information content (AvgIpc) is 2.91. The Bertz CT molecular complexity index is 748. The third-order valence-electron chi connectivity index (χ3n) is 2.46. The molecule has 0 unspecified atom stereocenters. The SMILES string of the molecule is O=C(O)c1c(Oc2ccc(I)cc2)nc2sccn12. The molecule has 0 amide bonds. The molecule has 0 saturated heterocycles. The Morgan fingerprint density at radius 1 is 1.37 bits per heavy atom. The molecule has 0 radical (unpaired) electrons. The lowest BCUT2D eigenvalue weighted by atomic mass is 10.3. The predicted molar refractivity (Wildman–Crippen MR) is 79.3 cm³/mol. The summed E-state index contributed by atoms with van der Waals surface area (Å²) in [6, 6.07) is 7.32. The molecular formula is C12H7IN2O3S. The van der Waals surface area contributed by atoms with Gasteiger partial charge in [-0.2, -0.15) is 4.98 Å². The van der Waals surface area contributed by atoms with Crippen LogP contribution < -0.4 is 4.74 Å². The van der Waals surface area contributed by atoms with Crippen LogP contribution in [0, 0.1) is 3.57 Å². The van der Waals surface area contributed by atoms with E-state index in [-0.39, 0.29) is 11.6 Å². The van der Waals surface area contributed by atoms with Gasteiger partial charge in [-0.25, -0.2) is 4.79 Å². The average molecular weight is 386 g/mol. The van der Waals surface area contributed by atoms with E-state index in [4.69, 9.17) is 4.74 Å². The summed E-state index contributed by atoms with van der Waals surface area (Å²) in [5, 5.41) is 11.0. The van der Waals surface area contributed by atoms with Gasteiger partial charge in [-0.3, -0.25) is 4.40 Å². The lowest BCUT2D eigenvalue weighted by Crippen LogP contribution is -2.02. The van der Waals surface area contributed by atoms with Gasteiger partial charge in [0.2, 0.25) is 0 Å². The van der Waals surface area contributed by atoms with Crippen LogP contribution in [0.2, 0.25) is 0 Å². The van der Waals surface area contributed by atoms with E-state index in [0.717, 1.165) is 3.57 Å². The second-order valence-electron chi connectivity index (χ2n) is 3.68. The zero-order valence-electron chi connectivity index (χ0n) is 9.41. The van der Waals surface area contributed by atoms with Gasteiger partial charge >= 0.3 is 5.97 Å². The molecule has 2 aromatic heterocycles. The van der Waals surface area contributed by atoms with Gasteiger partial charge in [0, 0.05) is 15.1 Å². The summed E-state index contributed by atoms with van der Waals surface area (Å²) in [6.07, 6.45) is 1.66. The number of aromatic carboxylic acids is 1. The van der Waals surface area contributed by atoms with Crippen molar-refractivity contribution in [3.05, 3.63) is 45.1 Å². The van der Waals surface area contributed by atoms with Crippen molar-refractivity contribution in [2.75, 3.05) is 0 Å². The van der Waals surface area contributed by atoms with Crippen molar-refractivity contribution in [2.45, 2.75) is 0 Å². The lowest BCUT2D eigenvalue weighted by molar-refractivity contribution is 0.0686. The van der Waals surface area contributed by atoms with Crippen molar-refractivity contribution < 1.29 is 14.6 Å². The molecule has 2 heterocycles. The van der Waals surface area contributed by atoms with Gasteiger partial charge < -0.3 is 9.84 Å². The number of nitrogens with zero attached hydrogens (tertiary/aromatic N) is 2. The zero-order valence-corrected chi connectivity index (χ0v) is 12.4. The first-order chi connectivity index (χ1) is 9.15. The molecule has 19 heavy (non-hydrogen) atoms. The smallest absolute Gasteiger partial charge is 0.358 e. The van der Waals surface area contributed by atoms with E-state index in [1.165, 1.54) is 15.7 Å². The highest BCUT2D eigenvalue weighted by Gasteiger charge is 2.21. The molecule has 7 heteroatoms.